The fourth-order valence-electron chi connectivity index (χ4n) is 1.24. The van der Waals surface area contributed by atoms with Gasteiger partial charge >= 0.3 is 0 Å². The van der Waals surface area contributed by atoms with E-state index in [0.29, 0.717) is 16.0 Å². The fraction of sp³-hybridized carbons (Fsp3) is 0.0909. The molecule has 0 amide bonds. The predicted molar refractivity (Wildman–Crippen MR) is 72.4 cm³/mol. The first kappa shape index (κ1) is 13.1. The molecule has 0 spiro atoms. The van der Waals surface area contributed by atoms with Crippen molar-refractivity contribution in [1.82, 2.24) is 9.97 Å². The summed E-state index contributed by atoms with van der Waals surface area (Å²) in [6.45, 7) is 0. The molecule has 0 atom stereocenters. The van der Waals surface area contributed by atoms with Gasteiger partial charge in [0, 0.05) is 12.1 Å². The van der Waals surface area contributed by atoms with Crippen LogP contribution in [-0.4, -0.2) is 16.2 Å². The maximum Gasteiger partial charge on any atom is 0.223 e. The van der Waals surface area contributed by atoms with E-state index in [4.69, 9.17) is 10.5 Å². The number of nitrogen functional groups attached to an aromatic ring is 1. The molecule has 1 heterocycles. The summed E-state index contributed by atoms with van der Waals surface area (Å²) in [5, 5.41) is 0.760. The van der Waals surface area contributed by atoms with Crippen LogP contribution in [0.3, 0.4) is 0 Å². The van der Waals surface area contributed by atoms with E-state index in [1.165, 1.54) is 30.2 Å². The van der Waals surface area contributed by atoms with E-state index in [1.807, 2.05) is 6.26 Å². The van der Waals surface area contributed by atoms with Crippen LogP contribution in [0.4, 0.5) is 10.1 Å². The number of hydrogen-bond donors (Lipinski definition) is 1. The van der Waals surface area contributed by atoms with Gasteiger partial charge in [-0.2, -0.15) is 0 Å². The number of thioether (sulfide) groups is 1. The molecule has 18 heavy (non-hydrogen) atoms. The van der Waals surface area contributed by atoms with Gasteiger partial charge < -0.3 is 10.5 Å². The van der Waals surface area contributed by atoms with Gasteiger partial charge in [0.05, 0.1) is 10.2 Å². The van der Waals surface area contributed by atoms with Crippen LogP contribution in [0, 0.1) is 5.82 Å². The number of rotatable bonds is 3. The van der Waals surface area contributed by atoms with Crippen molar-refractivity contribution in [2.24, 2.45) is 0 Å². The molecule has 0 aliphatic carbocycles. The first-order valence-electron chi connectivity index (χ1n) is 4.88. The fourth-order valence-corrected chi connectivity index (χ4v) is 1.97. The highest BCUT2D eigenvalue weighted by Crippen LogP contribution is 2.31. The van der Waals surface area contributed by atoms with Crippen molar-refractivity contribution in [2.75, 3.05) is 12.0 Å². The van der Waals surface area contributed by atoms with Gasteiger partial charge in [0.2, 0.25) is 5.88 Å². The molecule has 0 aliphatic heterocycles. The Bertz CT molecular complexity index is 582. The quantitative estimate of drug-likeness (QED) is 0.530. The molecule has 0 saturated heterocycles. The Morgan fingerprint density at radius 1 is 1.33 bits per heavy atom. The average Bonchev–Trinajstić information content (AvgIpc) is 2.36. The lowest BCUT2D eigenvalue weighted by atomic mass is 10.3. The lowest BCUT2D eigenvalue weighted by Crippen LogP contribution is -1.96. The molecule has 0 unspecified atom stereocenters. The molecule has 0 fully saturated rings. The lowest BCUT2D eigenvalue weighted by Gasteiger charge is -2.08. The number of halogens is 2. The van der Waals surface area contributed by atoms with Gasteiger partial charge in [0.1, 0.15) is 17.2 Å². The minimum atomic E-state index is -0.446. The molecule has 4 nitrogen and oxygen atoms in total. The Balaban J connectivity index is 2.30. The summed E-state index contributed by atoms with van der Waals surface area (Å²) in [5.41, 5.74) is 6.06. The van der Waals surface area contributed by atoms with Crippen LogP contribution in [0.25, 0.3) is 0 Å². The van der Waals surface area contributed by atoms with Crippen molar-refractivity contribution in [3.8, 4) is 11.6 Å². The number of nitrogens with zero attached hydrogens (tertiary/aromatic N) is 2. The lowest BCUT2D eigenvalue weighted by molar-refractivity contribution is 0.456. The van der Waals surface area contributed by atoms with E-state index in [2.05, 4.69) is 25.9 Å². The Hall–Kier alpha value is -1.34. The minimum Gasteiger partial charge on any atom is -0.437 e. The molecule has 0 bridgehead atoms. The topological polar surface area (TPSA) is 61.0 Å². The number of aromatic nitrogens is 2. The molecular formula is C11H9BrFN3OS. The molecule has 0 aliphatic rings. The van der Waals surface area contributed by atoms with E-state index in [0.717, 1.165) is 5.03 Å². The third-order valence-electron chi connectivity index (χ3n) is 2.09. The normalized spacial score (nSPS) is 10.4. The van der Waals surface area contributed by atoms with Crippen molar-refractivity contribution in [1.29, 1.82) is 0 Å². The number of nitrogens with two attached hydrogens (primary N) is 1. The van der Waals surface area contributed by atoms with Gasteiger partial charge in [0.25, 0.3) is 0 Å². The SMILES string of the molecule is CSc1cc(Oc2cc(F)c(Br)cc2N)ncn1. The Labute approximate surface area is 116 Å². The maximum absolute atomic E-state index is 13.4. The van der Waals surface area contributed by atoms with Gasteiger partial charge in [-0.05, 0) is 28.3 Å². The van der Waals surface area contributed by atoms with Gasteiger partial charge in [-0.25, -0.2) is 14.4 Å². The number of benzene rings is 1. The summed E-state index contributed by atoms with van der Waals surface area (Å²) >= 11 is 4.51. The van der Waals surface area contributed by atoms with Crippen molar-refractivity contribution in [3.05, 3.63) is 34.8 Å². The summed E-state index contributed by atoms with van der Waals surface area (Å²) in [6.07, 6.45) is 3.27. The third-order valence-corrected chi connectivity index (χ3v) is 3.34. The van der Waals surface area contributed by atoms with E-state index < -0.39 is 5.82 Å². The predicted octanol–water partition coefficient (Wildman–Crippen LogP) is 3.47. The molecule has 0 saturated carbocycles. The molecule has 2 N–H and O–H groups in total. The van der Waals surface area contributed by atoms with Gasteiger partial charge in [-0.1, -0.05) is 0 Å². The van der Waals surface area contributed by atoms with Crippen molar-refractivity contribution < 1.29 is 9.13 Å². The van der Waals surface area contributed by atoms with Crippen molar-refractivity contribution in [3.63, 3.8) is 0 Å². The average molecular weight is 330 g/mol. The molecule has 1 aromatic heterocycles. The highest BCUT2D eigenvalue weighted by molar-refractivity contribution is 9.10. The van der Waals surface area contributed by atoms with E-state index >= 15 is 0 Å². The van der Waals surface area contributed by atoms with Crippen molar-refractivity contribution >= 4 is 33.4 Å². The van der Waals surface area contributed by atoms with E-state index in [1.54, 1.807) is 6.07 Å². The Morgan fingerprint density at radius 3 is 2.83 bits per heavy atom. The Morgan fingerprint density at radius 2 is 2.11 bits per heavy atom. The molecule has 1 aromatic carbocycles. The first-order chi connectivity index (χ1) is 8.60. The number of hydrogen-bond acceptors (Lipinski definition) is 5. The van der Waals surface area contributed by atoms with Crippen LogP contribution >= 0.6 is 27.7 Å². The zero-order valence-electron chi connectivity index (χ0n) is 9.35. The summed E-state index contributed by atoms with van der Waals surface area (Å²) in [7, 11) is 0. The minimum absolute atomic E-state index is 0.224. The van der Waals surface area contributed by atoms with Gasteiger partial charge in [-0.3, -0.25) is 0 Å². The summed E-state index contributed by atoms with van der Waals surface area (Å²) < 4.78 is 19.1. The largest absolute Gasteiger partial charge is 0.437 e. The first-order valence-corrected chi connectivity index (χ1v) is 6.90. The van der Waals surface area contributed by atoms with Crippen LogP contribution in [0.5, 0.6) is 11.6 Å². The Kier molecular flexibility index (Phi) is 4.03. The summed E-state index contributed by atoms with van der Waals surface area (Å²) in [5.74, 6) is 0.0996. The van der Waals surface area contributed by atoms with Gasteiger partial charge in [-0.15, -0.1) is 11.8 Å². The second kappa shape index (κ2) is 5.53. The molecular weight excluding hydrogens is 321 g/mol. The maximum atomic E-state index is 13.4. The van der Waals surface area contributed by atoms with Crippen LogP contribution in [0.2, 0.25) is 0 Å². The highest BCUT2D eigenvalue weighted by Gasteiger charge is 2.09. The molecule has 2 rings (SSSR count). The second-order valence-electron chi connectivity index (χ2n) is 3.30. The number of ether oxygens (including phenoxy) is 1. The number of anilines is 1. The highest BCUT2D eigenvalue weighted by atomic mass is 79.9. The summed E-state index contributed by atoms with van der Waals surface area (Å²) in [4.78, 5) is 7.95. The van der Waals surface area contributed by atoms with Crippen LogP contribution < -0.4 is 10.5 Å². The molecule has 7 heteroatoms. The second-order valence-corrected chi connectivity index (χ2v) is 4.99. The zero-order chi connectivity index (χ0) is 13.1. The summed E-state index contributed by atoms with van der Waals surface area (Å²) in [6, 6.07) is 4.31. The van der Waals surface area contributed by atoms with Gasteiger partial charge in [0.15, 0.2) is 5.75 Å². The smallest absolute Gasteiger partial charge is 0.223 e. The molecule has 2 aromatic rings. The van der Waals surface area contributed by atoms with E-state index in [-0.39, 0.29) is 5.75 Å². The van der Waals surface area contributed by atoms with Crippen LogP contribution in [-0.2, 0) is 0 Å². The third kappa shape index (κ3) is 2.91. The van der Waals surface area contributed by atoms with Crippen LogP contribution in [0.1, 0.15) is 0 Å². The molecule has 0 radical (unpaired) electrons. The molecule has 94 valence electrons. The standard InChI is InChI=1S/C11H9BrFN3OS/c1-18-11-4-10(15-5-16-11)17-9-3-7(13)6(12)2-8(9)14/h2-5H,14H2,1H3. The zero-order valence-corrected chi connectivity index (χ0v) is 11.8. The van der Waals surface area contributed by atoms with Crippen molar-refractivity contribution in [2.45, 2.75) is 5.03 Å². The monoisotopic (exact) mass is 329 g/mol. The van der Waals surface area contributed by atoms with E-state index in [9.17, 15) is 4.39 Å². The van der Waals surface area contributed by atoms with Crippen LogP contribution in [0.15, 0.2) is 34.0 Å².